The molecule has 2 rings (SSSR count). The van der Waals surface area contributed by atoms with Crippen LogP contribution in [0.15, 0.2) is 18.3 Å². The van der Waals surface area contributed by atoms with E-state index in [0.29, 0.717) is 24.6 Å². The van der Waals surface area contributed by atoms with Gasteiger partial charge < -0.3 is 14.4 Å². The predicted molar refractivity (Wildman–Crippen MR) is 63.2 cm³/mol. The molecule has 1 aliphatic heterocycles. The zero-order chi connectivity index (χ0) is 12.3. The summed E-state index contributed by atoms with van der Waals surface area (Å²) in [7, 11) is 1.38. The van der Waals surface area contributed by atoms with Crippen LogP contribution >= 0.6 is 0 Å². The Hall–Kier alpha value is -1.62. The zero-order valence-corrected chi connectivity index (χ0v) is 10.0. The van der Waals surface area contributed by atoms with Crippen LogP contribution in [0.3, 0.4) is 0 Å². The highest BCUT2D eigenvalue weighted by molar-refractivity contribution is 5.94. The maximum absolute atomic E-state index is 11.7. The van der Waals surface area contributed by atoms with Crippen LogP contribution < -0.4 is 4.90 Å². The fraction of sp³-hybridized carbons (Fsp3) is 0.500. The number of ether oxygens (including phenoxy) is 2. The third-order valence-corrected chi connectivity index (χ3v) is 2.83. The lowest BCUT2D eigenvalue weighted by atomic mass is 10.2. The van der Waals surface area contributed by atoms with Gasteiger partial charge in [0.2, 0.25) is 0 Å². The molecule has 0 saturated carbocycles. The summed E-state index contributed by atoms with van der Waals surface area (Å²) in [6, 6.07) is 3.68. The molecule has 1 aliphatic rings. The van der Waals surface area contributed by atoms with Crippen LogP contribution in [0.2, 0.25) is 0 Å². The summed E-state index contributed by atoms with van der Waals surface area (Å²) in [5.41, 5.74) is 0.503. The van der Waals surface area contributed by atoms with E-state index in [4.69, 9.17) is 9.47 Å². The van der Waals surface area contributed by atoms with Crippen molar-refractivity contribution in [3.05, 3.63) is 23.9 Å². The molecule has 2 heterocycles. The number of hydrogen-bond donors (Lipinski definition) is 0. The normalized spacial score (nSPS) is 20.1. The first-order valence-electron chi connectivity index (χ1n) is 5.61. The molecule has 0 radical (unpaired) electrons. The van der Waals surface area contributed by atoms with E-state index in [0.717, 1.165) is 6.54 Å². The SMILES string of the molecule is COC(=O)c1cccnc1N1CCOC[C@H]1C. The van der Waals surface area contributed by atoms with Gasteiger partial charge in [0, 0.05) is 12.7 Å². The molecule has 1 atom stereocenters. The summed E-state index contributed by atoms with van der Waals surface area (Å²) in [6.07, 6.45) is 1.68. The molecular weight excluding hydrogens is 220 g/mol. The molecule has 5 nitrogen and oxygen atoms in total. The maximum atomic E-state index is 11.7. The molecule has 1 fully saturated rings. The van der Waals surface area contributed by atoms with Gasteiger partial charge in [-0.2, -0.15) is 0 Å². The molecule has 5 heteroatoms. The van der Waals surface area contributed by atoms with Gasteiger partial charge in [0.25, 0.3) is 0 Å². The number of hydrogen-bond acceptors (Lipinski definition) is 5. The lowest BCUT2D eigenvalue weighted by Crippen LogP contribution is -2.44. The van der Waals surface area contributed by atoms with Crippen molar-refractivity contribution in [2.75, 3.05) is 31.8 Å². The second kappa shape index (κ2) is 5.14. The Morgan fingerprint density at radius 2 is 2.47 bits per heavy atom. The molecule has 92 valence electrons. The summed E-state index contributed by atoms with van der Waals surface area (Å²) < 4.78 is 10.1. The second-order valence-electron chi connectivity index (χ2n) is 3.98. The number of rotatable bonds is 2. The molecule has 1 saturated heterocycles. The highest BCUT2D eigenvalue weighted by Gasteiger charge is 2.24. The van der Waals surface area contributed by atoms with Crippen LogP contribution in [-0.2, 0) is 9.47 Å². The summed E-state index contributed by atoms with van der Waals surface area (Å²) >= 11 is 0. The minimum atomic E-state index is -0.355. The van der Waals surface area contributed by atoms with E-state index >= 15 is 0 Å². The Labute approximate surface area is 100 Å². The Bertz CT molecular complexity index is 408. The molecule has 0 aliphatic carbocycles. The Balaban J connectivity index is 2.33. The zero-order valence-electron chi connectivity index (χ0n) is 10.0. The number of esters is 1. The summed E-state index contributed by atoms with van der Waals surface area (Å²) in [6.45, 7) is 4.09. The van der Waals surface area contributed by atoms with E-state index in [1.807, 2.05) is 0 Å². The minimum Gasteiger partial charge on any atom is -0.465 e. The molecule has 0 unspecified atom stereocenters. The topological polar surface area (TPSA) is 51.7 Å². The van der Waals surface area contributed by atoms with Crippen molar-refractivity contribution in [2.24, 2.45) is 0 Å². The lowest BCUT2D eigenvalue weighted by molar-refractivity contribution is 0.0598. The second-order valence-corrected chi connectivity index (χ2v) is 3.98. The molecule has 0 bridgehead atoms. The van der Waals surface area contributed by atoms with Crippen LogP contribution in [-0.4, -0.2) is 43.9 Å². The fourth-order valence-electron chi connectivity index (χ4n) is 1.94. The van der Waals surface area contributed by atoms with Crippen molar-refractivity contribution in [3.63, 3.8) is 0 Å². The van der Waals surface area contributed by atoms with Crippen molar-refractivity contribution < 1.29 is 14.3 Å². The van der Waals surface area contributed by atoms with Crippen LogP contribution in [0.1, 0.15) is 17.3 Å². The van der Waals surface area contributed by atoms with Gasteiger partial charge in [-0.3, -0.25) is 0 Å². The Morgan fingerprint density at radius 1 is 1.65 bits per heavy atom. The summed E-state index contributed by atoms with van der Waals surface area (Å²) in [5, 5.41) is 0. The largest absolute Gasteiger partial charge is 0.465 e. The van der Waals surface area contributed by atoms with Gasteiger partial charge in [-0.1, -0.05) is 0 Å². The Morgan fingerprint density at radius 3 is 3.18 bits per heavy atom. The average Bonchev–Trinajstić information content (AvgIpc) is 2.38. The molecule has 17 heavy (non-hydrogen) atoms. The molecule has 0 amide bonds. The molecule has 1 aromatic rings. The molecular formula is C12H16N2O3. The first-order chi connectivity index (χ1) is 8.24. The first-order valence-corrected chi connectivity index (χ1v) is 5.61. The average molecular weight is 236 g/mol. The fourth-order valence-corrected chi connectivity index (χ4v) is 1.94. The number of nitrogens with zero attached hydrogens (tertiary/aromatic N) is 2. The summed E-state index contributed by atoms with van der Waals surface area (Å²) in [5.74, 6) is 0.321. The smallest absolute Gasteiger partial charge is 0.341 e. The van der Waals surface area contributed by atoms with E-state index in [9.17, 15) is 4.79 Å². The number of carbonyl (C=O) groups excluding carboxylic acids is 1. The monoisotopic (exact) mass is 236 g/mol. The lowest BCUT2D eigenvalue weighted by Gasteiger charge is -2.34. The van der Waals surface area contributed by atoms with E-state index in [1.165, 1.54) is 7.11 Å². The molecule has 0 spiro atoms. The highest BCUT2D eigenvalue weighted by atomic mass is 16.5. The molecule has 0 N–H and O–H groups in total. The Kier molecular flexibility index (Phi) is 3.58. The van der Waals surface area contributed by atoms with E-state index in [2.05, 4.69) is 16.8 Å². The van der Waals surface area contributed by atoms with E-state index in [1.54, 1.807) is 18.3 Å². The van der Waals surface area contributed by atoms with Crippen molar-refractivity contribution in [1.29, 1.82) is 0 Å². The minimum absolute atomic E-state index is 0.210. The van der Waals surface area contributed by atoms with Crippen LogP contribution in [0.25, 0.3) is 0 Å². The highest BCUT2D eigenvalue weighted by Crippen LogP contribution is 2.22. The number of anilines is 1. The standard InChI is InChI=1S/C12H16N2O3/c1-9-8-17-7-6-14(9)11-10(12(15)16-2)4-3-5-13-11/h3-5,9H,6-8H2,1-2H3/t9-/m1/s1. The first kappa shape index (κ1) is 11.9. The van der Waals surface area contributed by atoms with Gasteiger partial charge in [-0.15, -0.1) is 0 Å². The quantitative estimate of drug-likeness (QED) is 0.719. The van der Waals surface area contributed by atoms with E-state index < -0.39 is 0 Å². The van der Waals surface area contributed by atoms with Gasteiger partial charge in [0.15, 0.2) is 0 Å². The van der Waals surface area contributed by atoms with Gasteiger partial charge >= 0.3 is 5.97 Å². The number of methoxy groups -OCH3 is 1. The van der Waals surface area contributed by atoms with Crippen molar-refractivity contribution in [2.45, 2.75) is 13.0 Å². The van der Waals surface area contributed by atoms with Crippen LogP contribution in [0.4, 0.5) is 5.82 Å². The maximum Gasteiger partial charge on any atom is 0.341 e. The van der Waals surface area contributed by atoms with Crippen molar-refractivity contribution in [3.8, 4) is 0 Å². The number of aromatic nitrogens is 1. The van der Waals surface area contributed by atoms with Crippen molar-refractivity contribution in [1.82, 2.24) is 4.98 Å². The number of carbonyl (C=O) groups is 1. The van der Waals surface area contributed by atoms with Crippen LogP contribution in [0.5, 0.6) is 0 Å². The predicted octanol–water partition coefficient (Wildman–Crippen LogP) is 1.09. The molecule has 0 aromatic carbocycles. The number of pyridine rings is 1. The van der Waals surface area contributed by atoms with Crippen molar-refractivity contribution >= 4 is 11.8 Å². The van der Waals surface area contributed by atoms with Gasteiger partial charge in [0.1, 0.15) is 11.4 Å². The van der Waals surface area contributed by atoms with Gasteiger partial charge in [-0.25, -0.2) is 9.78 Å². The van der Waals surface area contributed by atoms with Gasteiger partial charge in [0.05, 0.1) is 26.4 Å². The third-order valence-electron chi connectivity index (χ3n) is 2.83. The van der Waals surface area contributed by atoms with Crippen LogP contribution in [0, 0.1) is 0 Å². The summed E-state index contributed by atoms with van der Waals surface area (Å²) in [4.78, 5) is 18.0. The molecule has 1 aromatic heterocycles. The van der Waals surface area contributed by atoms with Gasteiger partial charge in [-0.05, 0) is 19.1 Å². The van der Waals surface area contributed by atoms with E-state index in [-0.39, 0.29) is 12.0 Å². The third kappa shape index (κ3) is 2.39. The number of morpholine rings is 1.